The highest BCUT2D eigenvalue weighted by molar-refractivity contribution is 7.91. The molecule has 0 radical (unpaired) electrons. The van der Waals surface area contributed by atoms with E-state index < -0.39 is 37.9 Å². The summed E-state index contributed by atoms with van der Waals surface area (Å²) < 4.78 is 60.1. The van der Waals surface area contributed by atoms with Gasteiger partial charge in [-0.15, -0.1) is 0 Å². The van der Waals surface area contributed by atoms with Crippen molar-refractivity contribution in [2.45, 2.75) is 18.0 Å². The molecule has 92 valence electrons. The maximum atomic E-state index is 12.4. The summed E-state index contributed by atoms with van der Waals surface area (Å²) in [6.45, 7) is 1.27. The van der Waals surface area contributed by atoms with E-state index in [1.54, 1.807) is 0 Å². The van der Waals surface area contributed by atoms with Crippen molar-refractivity contribution >= 4 is 9.84 Å². The Morgan fingerprint density at radius 3 is 2.47 bits per heavy atom. The molecule has 4 nitrogen and oxygen atoms in total. The van der Waals surface area contributed by atoms with Crippen molar-refractivity contribution in [2.24, 2.45) is 0 Å². The Bertz CT molecular complexity index is 573. The maximum absolute atomic E-state index is 12.4. The van der Waals surface area contributed by atoms with Crippen molar-refractivity contribution in [3.63, 3.8) is 0 Å². The number of hydrogen-bond acceptors (Lipinski definition) is 4. The van der Waals surface area contributed by atoms with Gasteiger partial charge in [0.1, 0.15) is 11.0 Å². The lowest BCUT2D eigenvalue weighted by Gasteiger charge is -2.09. The Morgan fingerprint density at radius 1 is 1.47 bits per heavy atom. The summed E-state index contributed by atoms with van der Waals surface area (Å²) in [6, 6.07) is 1.89. The van der Waals surface area contributed by atoms with Crippen molar-refractivity contribution in [1.82, 2.24) is 4.98 Å². The van der Waals surface area contributed by atoms with Gasteiger partial charge in [-0.05, 0) is 6.07 Å². The van der Waals surface area contributed by atoms with E-state index in [2.05, 4.69) is 4.98 Å². The van der Waals surface area contributed by atoms with E-state index in [4.69, 9.17) is 5.26 Å². The highest BCUT2D eigenvalue weighted by atomic mass is 32.2. The molecule has 0 aliphatic rings. The predicted octanol–water partition coefficient (Wildman–Crippen LogP) is 1.77. The van der Waals surface area contributed by atoms with Gasteiger partial charge in [0.2, 0.25) is 0 Å². The van der Waals surface area contributed by atoms with E-state index in [-0.39, 0.29) is 0 Å². The van der Waals surface area contributed by atoms with Crippen molar-refractivity contribution < 1.29 is 21.6 Å². The number of halogens is 3. The fourth-order valence-corrected chi connectivity index (χ4v) is 2.09. The van der Waals surface area contributed by atoms with Crippen LogP contribution in [0.3, 0.4) is 0 Å². The van der Waals surface area contributed by atoms with Crippen LogP contribution in [0, 0.1) is 11.3 Å². The SMILES string of the molecule is CCS(=O)(=O)c1cc(C(F)(F)F)cnc1C#N. The lowest BCUT2D eigenvalue weighted by molar-refractivity contribution is -0.138. The first-order chi connectivity index (χ1) is 7.72. The number of rotatable bonds is 2. The summed E-state index contributed by atoms with van der Waals surface area (Å²) >= 11 is 0. The maximum Gasteiger partial charge on any atom is 0.417 e. The second-order valence-corrected chi connectivity index (χ2v) is 5.33. The molecule has 0 spiro atoms. The van der Waals surface area contributed by atoms with Crippen LogP contribution >= 0.6 is 0 Å². The molecular weight excluding hydrogens is 257 g/mol. The van der Waals surface area contributed by atoms with Gasteiger partial charge in [-0.2, -0.15) is 18.4 Å². The minimum absolute atomic E-state index is 0.398. The summed E-state index contributed by atoms with van der Waals surface area (Å²) in [6.07, 6.45) is -4.26. The Labute approximate surface area is 95.6 Å². The molecular formula is C9H7F3N2O2S. The topological polar surface area (TPSA) is 70.8 Å². The Morgan fingerprint density at radius 2 is 2.06 bits per heavy atom. The summed E-state index contributed by atoms with van der Waals surface area (Å²) in [7, 11) is -3.91. The lowest BCUT2D eigenvalue weighted by atomic mass is 10.2. The quantitative estimate of drug-likeness (QED) is 0.816. The van der Waals surface area contributed by atoms with Gasteiger partial charge in [0, 0.05) is 6.20 Å². The molecule has 1 heterocycles. The van der Waals surface area contributed by atoms with E-state index in [0.717, 1.165) is 0 Å². The summed E-state index contributed by atoms with van der Waals surface area (Å²) in [5, 5.41) is 8.61. The van der Waals surface area contributed by atoms with E-state index in [0.29, 0.717) is 12.3 Å². The molecule has 0 aromatic carbocycles. The van der Waals surface area contributed by atoms with Crippen LogP contribution in [0.5, 0.6) is 0 Å². The number of aromatic nitrogens is 1. The van der Waals surface area contributed by atoms with Gasteiger partial charge in [-0.1, -0.05) is 6.92 Å². The fraction of sp³-hybridized carbons (Fsp3) is 0.333. The zero-order valence-electron chi connectivity index (χ0n) is 8.61. The molecule has 0 aliphatic heterocycles. The number of pyridine rings is 1. The van der Waals surface area contributed by atoms with Crippen molar-refractivity contribution in [1.29, 1.82) is 5.26 Å². The zero-order chi connectivity index (χ0) is 13.3. The summed E-state index contributed by atoms with van der Waals surface area (Å²) in [4.78, 5) is 2.53. The van der Waals surface area contributed by atoms with Crippen LogP contribution in [-0.4, -0.2) is 19.2 Å². The zero-order valence-corrected chi connectivity index (χ0v) is 9.43. The molecule has 0 bridgehead atoms. The largest absolute Gasteiger partial charge is 0.417 e. The molecule has 0 N–H and O–H groups in total. The Kier molecular flexibility index (Phi) is 3.43. The lowest BCUT2D eigenvalue weighted by Crippen LogP contribution is -2.12. The number of alkyl halides is 3. The fourth-order valence-electron chi connectivity index (χ4n) is 1.08. The van der Waals surface area contributed by atoms with E-state index in [1.165, 1.54) is 13.0 Å². The third-order valence-corrected chi connectivity index (χ3v) is 3.74. The average molecular weight is 264 g/mol. The van der Waals surface area contributed by atoms with Gasteiger partial charge in [0.15, 0.2) is 15.5 Å². The second kappa shape index (κ2) is 4.33. The van der Waals surface area contributed by atoms with Crippen LogP contribution in [0.4, 0.5) is 13.2 Å². The van der Waals surface area contributed by atoms with Crippen LogP contribution in [0.2, 0.25) is 0 Å². The molecule has 17 heavy (non-hydrogen) atoms. The smallest absolute Gasteiger partial charge is 0.244 e. The highest BCUT2D eigenvalue weighted by Gasteiger charge is 2.33. The molecule has 0 fully saturated rings. The molecule has 0 saturated heterocycles. The first kappa shape index (κ1) is 13.4. The number of nitrogens with zero attached hydrogens (tertiary/aromatic N) is 2. The van der Waals surface area contributed by atoms with Gasteiger partial charge < -0.3 is 0 Å². The van der Waals surface area contributed by atoms with Crippen LogP contribution in [-0.2, 0) is 16.0 Å². The summed E-state index contributed by atoms with van der Waals surface area (Å²) in [5.74, 6) is -0.398. The number of nitriles is 1. The molecule has 1 aromatic heterocycles. The number of sulfone groups is 1. The molecule has 0 atom stereocenters. The number of hydrogen-bond donors (Lipinski definition) is 0. The van der Waals surface area contributed by atoms with Crippen LogP contribution in [0.1, 0.15) is 18.2 Å². The van der Waals surface area contributed by atoms with Crippen LogP contribution < -0.4 is 0 Å². The molecule has 8 heteroatoms. The third-order valence-electron chi connectivity index (χ3n) is 2.00. The first-order valence-corrected chi connectivity index (χ1v) is 6.07. The minimum Gasteiger partial charge on any atom is -0.244 e. The normalized spacial score (nSPS) is 12.2. The van der Waals surface area contributed by atoms with Crippen molar-refractivity contribution in [2.75, 3.05) is 5.75 Å². The van der Waals surface area contributed by atoms with Gasteiger partial charge in [-0.3, -0.25) is 0 Å². The van der Waals surface area contributed by atoms with Gasteiger partial charge in [0.25, 0.3) is 0 Å². The molecule has 0 amide bonds. The second-order valence-electron chi connectivity index (χ2n) is 3.08. The van der Waals surface area contributed by atoms with Crippen LogP contribution in [0.15, 0.2) is 17.2 Å². The van der Waals surface area contributed by atoms with E-state index in [9.17, 15) is 21.6 Å². The van der Waals surface area contributed by atoms with Gasteiger partial charge >= 0.3 is 6.18 Å². The van der Waals surface area contributed by atoms with E-state index in [1.807, 2.05) is 0 Å². The Balaban J connectivity index is 3.53. The van der Waals surface area contributed by atoms with Gasteiger partial charge in [-0.25, -0.2) is 13.4 Å². The first-order valence-electron chi connectivity index (χ1n) is 4.42. The highest BCUT2D eigenvalue weighted by Crippen LogP contribution is 2.30. The van der Waals surface area contributed by atoms with E-state index >= 15 is 0 Å². The van der Waals surface area contributed by atoms with Gasteiger partial charge in [0.05, 0.1) is 11.3 Å². The molecule has 0 saturated carbocycles. The Hall–Kier alpha value is -1.62. The average Bonchev–Trinajstić information content (AvgIpc) is 2.27. The monoisotopic (exact) mass is 264 g/mol. The molecule has 1 rings (SSSR count). The minimum atomic E-state index is -4.70. The molecule has 0 unspecified atom stereocenters. The summed E-state index contributed by atoms with van der Waals surface area (Å²) in [5.41, 5.74) is -1.72. The molecule has 0 aliphatic carbocycles. The van der Waals surface area contributed by atoms with Crippen molar-refractivity contribution in [3.05, 3.63) is 23.5 Å². The standard InChI is InChI=1S/C9H7F3N2O2S/c1-2-17(15,16)8-3-6(9(10,11)12)5-14-7(8)4-13/h3,5H,2H2,1H3. The predicted molar refractivity (Wildman–Crippen MR) is 51.7 cm³/mol. The van der Waals surface area contributed by atoms with Crippen LogP contribution in [0.25, 0.3) is 0 Å². The molecule has 1 aromatic rings. The third kappa shape index (κ3) is 2.74. The van der Waals surface area contributed by atoms with Crippen molar-refractivity contribution in [3.8, 4) is 6.07 Å².